The molecule has 1 aromatic carbocycles. The van der Waals surface area contributed by atoms with Crippen molar-refractivity contribution >= 4 is 11.3 Å². The van der Waals surface area contributed by atoms with E-state index in [1.165, 1.54) is 6.07 Å². The van der Waals surface area contributed by atoms with Crippen LogP contribution in [0.15, 0.2) is 35.0 Å². The molecule has 0 atom stereocenters. The lowest BCUT2D eigenvalue weighted by Gasteiger charge is -2.07. The van der Waals surface area contributed by atoms with Crippen LogP contribution < -0.4 is 5.32 Å². The fourth-order valence-electron chi connectivity index (χ4n) is 1.58. The van der Waals surface area contributed by atoms with Gasteiger partial charge in [0.1, 0.15) is 5.82 Å². The van der Waals surface area contributed by atoms with E-state index in [9.17, 15) is 4.39 Å². The van der Waals surface area contributed by atoms with E-state index in [0.29, 0.717) is 0 Å². The highest BCUT2D eigenvalue weighted by Crippen LogP contribution is 2.26. The average molecular weight is 221 g/mol. The van der Waals surface area contributed by atoms with Crippen LogP contribution in [0.1, 0.15) is 5.56 Å². The Morgan fingerprint density at radius 2 is 2.20 bits per heavy atom. The molecule has 0 aliphatic rings. The monoisotopic (exact) mass is 221 g/mol. The van der Waals surface area contributed by atoms with Gasteiger partial charge in [0.15, 0.2) is 0 Å². The molecule has 0 fully saturated rings. The van der Waals surface area contributed by atoms with Crippen molar-refractivity contribution in [3.8, 4) is 11.1 Å². The summed E-state index contributed by atoms with van der Waals surface area (Å²) in [5, 5.41) is 7.13. The van der Waals surface area contributed by atoms with E-state index in [1.807, 2.05) is 29.9 Å². The molecule has 1 N–H and O–H groups in total. The second-order valence-electron chi connectivity index (χ2n) is 3.34. The Morgan fingerprint density at radius 3 is 2.87 bits per heavy atom. The number of benzene rings is 1. The Bertz CT molecular complexity index is 437. The van der Waals surface area contributed by atoms with E-state index in [2.05, 4.69) is 5.32 Å². The second-order valence-corrected chi connectivity index (χ2v) is 4.12. The van der Waals surface area contributed by atoms with Crippen molar-refractivity contribution in [3.63, 3.8) is 0 Å². The highest BCUT2D eigenvalue weighted by Gasteiger charge is 2.06. The summed E-state index contributed by atoms with van der Waals surface area (Å²) in [6.07, 6.45) is 0. The van der Waals surface area contributed by atoms with E-state index in [4.69, 9.17) is 0 Å². The highest BCUT2D eigenvalue weighted by molar-refractivity contribution is 7.08. The largest absolute Gasteiger partial charge is 0.316 e. The Kier molecular flexibility index (Phi) is 3.14. The predicted molar refractivity (Wildman–Crippen MR) is 62.5 cm³/mol. The van der Waals surface area contributed by atoms with Gasteiger partial charge in [-0.3, -0.25) is 0 Å². The van der Waals surface area contributed by atoms with Gasteiger partial charge in [-0.2, -0.15) is 11.3 Å². The standard InChI is InChI=1S/C12H12FNS/c1-14-7-9-2-3-11(13)6-12(9)10-4-5-15-8-10/h2-6,8,14H,7H2,1H3. The molecule has 0 bridgehead atoms. The summed E-state index contributed by atoms with van der Waals surface area (Å²) in [6.45, 7) is 0.755. The summed E-state index contributed by atoms with van der Waals surface area (Å²) in [5.41, 5.74) is 3.19. The molecule has 0 radical (unpaired) electrons. The third-order valence-corrected chi connectivity index (χ3v) is 2.95. The number of rotatable bonds is 3. The van der Waals surface area contributed by atoms with Crippen LogP contribution >= 0.6 is 11.3 Å². The van der Waals surface area contributed by atoms with Gasteiger partial charge in [-0.15, -0.1) is 0 Å². The number of hydrogen-bond acceptors (Lipinski definition) is 2. The third kappa shape index (κ3) is 2.25. The first kappa shape index (κ1) is 10.3. The molecule has 1 aromatic heterocycles. The molecule has 0 unspecified atom stereocenters. The molecule has 0 saturated carbocycles. The normalized spacial score (nSPS) is 10.5. The molecule has 78 valence electrons. The Hall–Kier alpha value is -1.19. The molecule has 1 nitrogen and oxygen atoms in total. The Morgan fingerprint density at radius 1 is 1.33 bits per heavy atom. The summed E-state index contributed by atoms with van der Waals surface area (Å²) in [6, 6.07) is 6.94. The van der Waals surface area contributed by atoms with Gasteiger partial charge in [-0.25, -0.2) is 4.39 Å². The molecular weight excluding hydrogens is 209 g/mol. The van der Waals surface area contributed by atoms with Crippen molar-refractivity contribution in [2.75, 3.05) is 7.05 Å². The van der Waals surface area contributed by atoms with Gasteiger partial charge in [0.2, 0.25) is 0 Å². The summed E-state index contributed by atoms with van der Waals surface area (Å²) >= 11 is 1.62. The van der Waals surface area contributed by atoms with Crippen LogP contribution in [-0.2, 0) is 6.54 Å². The Labute approximate surface area is 92.6 Å². The second kappa shape index (κ2) is 4.55. The first-order chi connectivity index (χ1) is 7.31. The number of hydrogen-bond donors (Lipinski definition) is 1. The van der Waals surface area contributed by atoms with Crippen LogP contribution in [0, 0.1) is 5.82 Å². The smallest absolute Gasteiger partial charge is 0.123 e. The van der Waals surface area contributed by atoms with Gasteiger partial charge in [0.05, 0.1) is 0 Å². The molecule has 2 rings (SSSR count). The van der Waals surface area contributed by atoms with Gasteiger partial charge in [-0.1, -0.05) is 6.07 Å². The van der Waals surface area contributed by atoms with Crippen molar-refractivity contribution < 1.29 is 4.39 Å². The van der Waals surface area contributed by atoms with Crippen LogP contribution in [0.2, 0.25) is 0 Å². The maximum atomic E-state index is 13.2. The maximum Gasteiger partial charge on any atom is 0.123 e. The quantitative estimate of drug-likeness (QED) is 0.838. The number of nitrogens with one attached hydrogen (secondary N) is 1. The first-order valence-corrected chi connectivity index (χ1v) is 5.71. The fraction of sp³-hybridized carbons (Fsp3) is 0.167. The van der Waals surface area contributed by atoms with Gasteiger partial charge >= 0.3 is 0 Å². The Balaban J connectivity index is 2.47. The minimum absolute atomic E-state index is 0.184. The van der Waals surface area contributed by atoms with Gasteiger partial charge < -0.3 is 5.32 Å². The van der Waals surface area contributed by atoms with E-state index in [1.54, 1.807) is 17.4 Å². The maximum absolute atomic E-state index is 13.2. The molecule has 15 heavy (non-hydrogen) atoms. The SMILES string of the molecule is CNCc1ccc(F)cc1-c1ccsc1. The van der Waals surface area contributed by atoms with E-state index < -0.39 is 0 Å². The van der Waals surface area contributed by atoms with Crippen molar-refractivity contribution in [2.45, 2.75) is 6.54 Å². The summed E-state index contributed by atoms with van der Waals surface area (Å²) in [5.74, 6) is -0.184. The van der Waals surface area contributed by atoms with E-state index in [0.717, 1.165) is 23.2 Å². The van der Waals surface area contributed by atoms with Crippen molar-refractivity contribution in [1.82, 2.24) is 5.32 Å². The fourth-order valence-corrected chi connectivity index (χ4v) is 2.24. The van der Waals surface area contributed by atoms with Crippen LogP contribution in [0.4, 0.5) is 4.39 Å². The molecule has 3 heteroatoms. The number of thiophene rings is 1. The lowest BCUT2D eigenvalue weighted by Crippen LogP contribution is -2.06. The van der Waals surface area contributed by atoms with Crippen LogP contribution in [0.25, 0.3) is 11.1 Å². The highest BCUT2D eigenvalue weighted by atomic mass is 32.1. The van der Waals surface area contributed by atoms with Crippen LogP contribution in [0.5, 0.6) is 0 Å². The topological polar surface area (TPSA) is 12.0 Å². The van der Waals surface area contributed by atoms with Gasteiger partial charge in [-0.05, 0) is 52.7 Å². The number of halogens is 1. The summed E-state index contributed by atoms with van der Waals surface area (Å²) in [4.78, 5) is 0. The lowest BCUT2D eigenvalue weighted by molar-refractivity contribution is 0.627. The van der Waals surface area contributed by atoms with E-state index in [-0.39, 0.29) is 5.82 Å². The molecule has 0 spiro atoms. The molecule has 0 amide bonds. The molecule has 1 heterocycles. The zero-order valence-corrected chi connectivity index (χ0v) is 9.27. The minimum Gasteiger partial charge on any atom is -0.316 e. The minimum atomic E-state index is -0.184. The predicted octanol–water partition coefficient (Wildman–Crippen LogP) is 3.27. The van der Waals surface area contributed by atoms with Gasteiger partial charge in [0, 0.05) is 6.54 Å². The van der Waals surface area contributed by atoms with Crippen molar-refractivity contribution in [2.24, 2.45) is 0 Å². The zero-order valence-electron chi connectivity index (χ0n) is 8.46. The summed E-state index contributed by atoms with van der Waals surface area (Å²) < 4.78 is 13.2. The lowest BCUT2D eigenvalue weighted by atomic mass is 10.0. The third-order valence-electron chi connectivity index (χ3n) is 2.27. The van der Waals surface area contributed by atoms with Crippen molar-refractivity contribution in [1.29, 1.82) is 0 Å². The molecule has 0 saturated heterocycles. The van der Waals surface area contributed by atoms with Crippen LogP contribution in [-0.4, -0.2) is 7.05 Å². The van der Waals surface area contributed by atoms with Gasteiger partial charge in [0.25, 0.3) is 0 Å². The first-order valence-electron chi connectivity index (χ1n) is 4.77. The summed E-state index contributed by atoms with van der Waals surface area (Å²) in [7, 11) is 1.89. The molecule has 2 aromatic rings. The molecular formula is C12H12FNS. The molecule has 0 aliphatic heterocycles. The zero-order chi connectivity index (χ0) is 10.7. The van der Waals surface area contributed by atoms with Crippen LogP contribution in [0.3, 0.4) is 0 Å². The van der Waals surface area contributed by atoms with Crippen molar-refractivity contribution in [3.05, 3.63) is 46.4 Å². The van der Waals surface area contributed by atoms with E-state index >= 15 is 0 Å². The molecule has 0 aliphatic carbocycles. The average Bonchev–Trinajstić information content (AvgIpc) is 2.74.